The Hall–Kier alpha value is -1.68. The lowest BCUT2D eigenvalue weighted by Crippen LogP contribution is -2.41. The maximum absolute atomic E-state index is 13.0. The Balaban J connectivity index is 2.22. The molecule has 1 aromatic rings. The van der Waals surface area contributed by atoms with E-state index in [1.165, 1.54) is 10.4 Å². The first-order chi connectivity index (χ1) is 12.9. The van der Waals surface area contributed by atoms with Crippen molar-refractivity contribution in [1.82, 2.24) is 9.21 Å². The van der Waals surface area contributed by atoms with Crippen LogP contribution < -0.4 is 10.1 Å². The standard InChI is InChI=1S/C18H29N3O5S/c1-4-21(5-2)27(23,24)17-13-15(7-8-16(17)26-6-3)19-18(22)14-20-9-11-25-12-10-20/h7-8,13H,4-6,9-12,14H2,1-3H3,(H,19,22). The number of anilines is 1. The molecular formula is C18H29N3O5S. The summed E-state index contributed by atoms with van der Waals surface area (Å²) in [5, 5.41) is 2.79. The Morgan fingerprint density at radius 3 is 2.48 bits per heavy atom. The molecule has 0 spiro atoms. The molecule has 0 unspecified atom stereocenters. The van der Waals surface area contributed by atoms with Gasteiger partial charge in [-0.2, -0.15) is 4.31 Å². The average molecular weight is 400 g/mol. The van der Waals surface area contributed by atoms with Crippen LogP contribution in [0.25, 0.3) is 0 Å². The fourth-order valence-electron chi connectivity index (χ4n) is 2.93. The van der Waals surface area contributed by atoms with Crippen LogP contribution in [0.3, 0.4) is 0 Å². The quantitative estimate of drug-likeness (QED) is 0.675. The van der Waals surface area contributed by atoms with E-state index in [-0.39, 0.29) is 23.1 Å². The van der Waals surface area contributed by atoms with Gasteiger partial charge in [0, 0.05) is 31.9 Å². The van der Waals surface area contributed by atoms with Crippen LogP contribution in [0.5, 0.6) is 5.75 Å². The molecule has 1 saturated heterocycles. The number of hydrogen-bond donors (Lipinski definition) is 1. The lowest BCUT2D eigenvalue weighted by Gasteiger charge is -2.26. The second-order valence-electron chi connectivity index (χ2n) is 6.12. The number of benzene rings is 1. The zero-order chi connectivity index (χ0) is 19.9. The fraction of sp³-hybridized carbons (Fsp3) is 0.611. The van der Waals surface area contributed by atoms with Gasteiger partial charge in [0.25, 0.3) is 0 Å². The number of carbonyl (C=O) groups excluding carboxylic acids is 1. The van der Waals surface area contributed by atoms with E-state index in [0.29, 0.717) is 51.7 Å². The number of ether oxygens (including phenoxy) is 2. The van der Waals surface area contributed by atoms with Crippen molar-refractivity contribution in [1.29, 1.82) is 0 Å². The molecule has 1 aliphatic rings. The molecule has 152 valence electrons. The summed E-state index contributed by atoms with van der Waals surface area (Å²) < 4.78 is 38.1. The van der Waals surface area contributed by atoms with Gasteiger partial charge < -0.3 is 14.8 Å². The molecule has 0 radical (unpaired) electrons. The van der Waals surface area contributed by atoms with E-state index in [9.17, 15) is 13.2 Å². The minimum absolute atomic E-state index is 0.0669. The molecule has 1 amide bonds. The molecule has 0 bridgehead atoms. The number of nitrogens with one attached hydrogen (secondary N) is 1. The van der Waals surface area contributed by atoms with E-state index >= 15 is 0 Å². The maximum atomic E-state index is 13.0. The van der Waals surface area contributed by atoms with Gasteiger partial charge in [-0.15, -0.1) is 0 Å². The molecular weight excluding hydrogens is 370 g/mol. The van der Waals surface area contributed by atoms with Crippen LogP contribution in [0.1, 0.15) is 20.8 Å². The molecule has 8 nitrogen and oxygen atoms in total. The van der Waals surface area contributed by atoms with E-state index < -0.39 is 10.0 Å². The molecule has 0 atom stereocenters. The Morgan fingerprint density at radius 1 is 1.22 bits per heavy atom. The highest BCUT2D eigenvalue weighted by atomic mass is 32.2. The molecule has 1 fully saturated rings. The fourth-order valence-corrected chi connectivity index (χ4v) is 4.54. The zero-order valence-electron chi connectivity index (χ0n) is 16.2. The molecule has 9 heteroatoms. The van der Waals surface area contributed by atoms with Crippen molar-refractivity contribution in [3.05, 3.63) is 18.2 Å². The van der Waals surface area contributed by atoms with Crippen LogP contribution in [0, 0.1) is 0 Å². The predicted octanol–water partition coefficient (Wildman–Crippen LogP) is 1.39. The predicted molar refractivity (Wildman–Crippen MR) is 104 cm³/mol. The summed E-state index contributed by atoms with van der Waals surface area (Å²) in [6.07, 6.45) is 0. The number of nitrogens with zero attached hydrogens (tertiary/aromatic N) is 2. The smallest absolute Gasteiger partial charge is 0.246 e. The van der Waals surface area contributed by atoms with E-state index in [2.05, 4.69) is 5.32 Å². The first-order valence-corrected chi connectivity index (χ1v) is 10.7. The van der Waals surface area contributed by atoms with Crippen LogP contribution >= 0.6 is 0 Å². The van der Waals surface area contributed by atoms with Crippen molar-refractivity contribution >= 4 is 21.6 Å². The summed E-state index contributed by atoms with van der Waals surface area (Å²) in [6, 6.07) is 4.71. The molecule has 1 N–H and O–H groups in total. The maximum Gasteiger partial charge on any atom is 0.246 e. The van der Waals surface area contributed by atoms with Gasteiger partial charge in [-0.25, -0.2) is 8.42 Å². The van der Waals surface area contributed by atoms with Crippen molar-refractivity contribution in [2.75, 3.05) is 57.9 Å². The van der Waals surface area contributed by atoms with Gasteiger partial charge in [0.1, 0.15) is 10.6 Å². The van der Waals surface area contributed by atoms with Gasteiger partial charge in [-0.05, 0) is 25.1 Å². The van der Waals surface area contributed by atoms with Gasteiger partial charge >= 0.3 is 0 Å². The van der Waals surface area contributed by atoms with Gasteiger partial charge in [0.05, 0.1) is 26.4 Å². The van der Waals surface area contributed by atoms with Crippen molar-refractivity contribution in [3.8, 4) is 5.75 Å². The Kier molecular flexibility index (Phi) is 8.03. The Labute approximate surface area is 161 Å². The van der Waals surface area contributed by atoms with E-state index in [1.807, 2.05) is 4.90 Å². The molecule has 0 aliphatic carbocycles. The topological polar surface area (TPSA) is 88.2 Å². The van der Waals surface area contributed by atoms with Crippen molar-refractivity contribution in [2.24, 2.45) is 0 Å². The second-order valence-corrected chi connectivity index (χ2v) is 8.03. The molecule has 1 aromatic carbocycles. The normalized spacial score (nSPS) is 15.7. The van der Waals surface area contributed by atoms with Gasteiger partial charge in [0.15, 0.2) is 0 Å². The van der Waals surface area contributed by atoms with Crippen molar-refractivity contribution in [2.45, 2.75) is 25.7 Å². The minimum atomic E-state index is -3.71. The summed E-state index contributed by atoms with van der Waals surface area (Å²) in [4.78, 5) is 14.4. The van der Waals surface area contributed by atoms with Gasteiger partial charge in [0.2, 0.25) is 15.9 Å². The van der Waals surface area contributed by atoms with Crippen molar-refractivity contribution in [3.63, 3.8) is 0 Å². The van der Waals surface area contributed by atoms with Crippen LogP contribution in [-0.2, 0) is 19.6 Å². The molecule has 27 heavy (non-hydrogen) atoms. The summed E-state index contributed by atoms with van der Waals surface area (Å²) in [6.45, 7) is 9.33. The Morgan fingerprint density at radius 2 is 1.89 bits per heavy atom. The third kappa shape index (κ3) is 5.65. The highest BCUT2D eigenvalue weighted by molar-refractivity contribution is 7.89. The molecule has 2 rings (SSSR count). The van der Waals surface area contributed by atoms with Crippen LogP contribution in [-0.4, -0.2) is 76.1 Å². The van der Waals surface area contributed by atoms with Crippen LogP contribution in [0.15, 0.2) is 23.1 Å². The summed E-state index contributed by atoms with van der Waals surface area (Å²) in [5.74, 6) is 0.0998. The lowest BCUT2D eigenvalue weighted by molar-refractivity contribution is -0.118. The monoisotopic (exact) mass is 399 g/mol. The third-order valence-electron chi connectivity index (χ3n) is 4.32. The van der Waals surface area contributed by atoms with Crippen molar-refractivity contribution < 1.29 is 22.7 Å². The summed E-state index contributed by atoms with van der Waals surface area (Å²) in [5.41, 5.74) is 0.433. The SMILES string of the molecule is CCOc1ccc(NC(=O)CN2CCOCC2)cc1S(=O)(=O)N(CC)CC. The van der Waals surface area contributed by atoms with E-state index in [0.717, 1.165) is 0 Å². The molecule has 0 aromatic heterocycles. The number of rotatable bonds is 9. The second kappa shape index (κ2) is 10.0. The van der Waals surface area contributed by atoms with Crippen LogP contribution in [0.2, 0.25) is 0 Å². The van der Waals surface area contributed by atoms with E-state index in [1.54, 1.807) is 32.9 Å². The molecule has 1 aliphatic heterocycles. The number of carbonyl (C=O) groups is 1. The first kappa shape index (κ1) is 21.6. The first-order valence-electron chi connectivity index (χ1n) is 9.29. The molecule has 0 saturated carbocycles. The Bertz CT molecular complexity index is 729. The summed E-state index contributed by atoms with van der Waals surface area (Å²) >= 11 is 0. The highest BCUT2D eigenvalue weighted by Gasteiger charge is 2.26. The number of hydrogen-bond acceptors (Lipinski definition) is 6. The average Bonchev–Trinajstić information content (AvgIpc) is 2.64. The van der Waals surface area contributed by atoms with Gasteiger partial charge in [-0.3, -0.25) is 9.69 Å². The minimum Gasteiger partial charge on any atom is -0.492 e. The van der Waals surface area contributed by atoms with Gasteiger partial charge in [-0.1, -0.05) is 13.8 Å². The zero-order valence-corrected chi connectivity index (χ0v) is 17.0. The number of sulfonamides is 1. The molecule has 1 heterocycles. The number of morpholine rings is 1. The lowest BCUT2D eigenvalue weighted by atomic mass is 10.3. The largest absolute Gasteiger partial charge is 0.492 e. The van der Waals surface area contributed by atoms with E-state index in [4.69, 9.17) is 9.47 Å². The van der Waals surface area contributed by atoms with Crippen LogP contribution in [0.4, 0.5) is 5.69 Å². The number of amides is 1. The third-order valence-corrected chi connectivity index (χ3v) is 6.39. The summed E-state index contributed by atoms with van der Waals surface area (Å²) in [7, 11) is -3.71. The highest BCUT2D eigenvalue weighted by Crippen LogP contribution is 2.30.